The molecular formula is C20H20FNO4. The summed E-state index contributed by atoms with van der Waals surface area (Å²) in [6.45, 7) is 3.32. The molecule has 6 heteroatoms. The van der Waals surface area contributed by atoms with Crippen LogP contribution in [0.25, 0.3) is 0 Å². The number of halogens is 1. The molecule has 26 heavy (non-hydrogen) atoms. The first-order valence-corrected chi connectivity index (χ1v) is 8.13. The lowest BCUT2D eigenvalue weighted by Crippen LogP contribution is -2.32. The molecule has 136 valence electrons. The highest BCUT2D eigenvalue weighted by atomic mass is 19.1. The minimum Gasteiger partial charge on any atom is -0.481 e. The molecule has 0 spiro atoms. The van der Waals surface area contributed by atoms with Gasteiger partial charge in [-0.25, -0.2) is 4.39 Å². The van der Waals surface area contributed by atoms with Crippen LogP contribution in [0, 0.1) is 11.2 Å². The fraction of sp³-hybridized carbons (Fsp3) is 0.250. The van der Waals surface area contributed by atoms with Crippen molar-refractivity contribution in [2.24, 2.45) is 5.41 Å². The van der Waals surface area contributed by atoms with E-state index in [2.05, 4.69) is 5.32 Å². The molecule has 0 bridgehead atoms. The molecule has 0 aromatic heterocycles. The molecule has 2 rings (SSSR count). The summed E-state index contributed by atoms with van der Waals surface area (Å²) in [6.07, 6.45) is 0.252. The van der Waals surface area contributed by atoms with E-state index in [9.17, 15) is 18.8 Å². The zero-order chi connectivity index (χ0) is 19.3. The normalized spacial score (nSPS) is 11.0. The Labute approximate surface area is 150 Å². The average molecular weight is 357 g/mol. The number of rotatable bonds is 7. The summed E-state index contributed by atoms with van der Waals surface area (Å²) < 4.78 is 13.0. The zero-order valence-corrected chi connectivity index (χ0v) is 14.6. The van der Waals surface area contributed by atoms with Gasteiger partial charge >= 0.3 is 5.97 Å². The van der Waals surface area contributed by atoms with Crippen molar-refractivity contribution < 1.29 is 23.9 Å². The largest absolute Gasteiger partial charge is 0.481 e. The number of carbonyl (C=O) groups is 3. The van der Waals surface area contributed by atoms with Crippen LogP contribution >= 0.6 is 0 Å². The number of hydrogen-bond acceptors (Lipinski definition) is 3. The van der Waals surface area contributed by atoms with Crippen LogP contribution in [0.2, 0.25) is 0 Å². The zero-order valence-electron chi connectivity index (χ0n) is 14.6. The van der Waals surface area contributed by atoms with Gasteiger partial charge in [0.05, 0.1) is 11.0 Å². The van der Waals surface area contributed by atoms with E-state index in [1.807, 2.05) is 0 Å². The SMILES string of the molecule is CC(C)(CCNC(=O)c1ccccc1C(=O)c1ccc(F)cc1)C(=O)O. The number of carboxylic acid groups (broad SMARTS) is 1. The number of hydrogen-bond donors (Lipinski definition) is 2. The van der Waals surface area contributed by atoms with Gasteiger partial charge < -0.3 is 10.4 Å². The third-order valence-corrected chi connectivity index (χ3v) is 4.14. The Morgan fingerprint density at radius 2 is 1.58 bits per heavy atom. The summed E-state index contributed by atoms with van der Waals surface area (Å²) in [7, 11) is 0. The highest BCUT2D eigenvalue weighted by Gasteiger charge is 2.27. The number of carbonyl (C=O) groups excluding carboxylic acids is 2. The lowest BCUT2D eigenvalue weighted by molar-refractivity contribution is -0.147. The number of ketones is 1. The Morgan fingerprint density at radius 1 is 1.00 bits per heavy atom. The van der Waals surface area contributed by atoms with Gasteiger partial charge in [-0.1, -0.05) is 18.2 Å². The van der Waals surface area contributed by atoms with Gasteiger partial charge in [0.25, 0.3) is 5.91 Å². The molecule has 0 saturated carbocycles. The number of carboxylic acids is 1. The van der Waals surface area contributed by atoms with Crippen LogP contribution in [0.4, 0.5) is 4.39 Å². The van der Waals surface area contributed by atoms with E-state index in [0.717, 1.165) is 0 Å². The van der Waals surface area contributed by atoms with E-state index in [1.54, 1.807) is 26.0 Å². The highest BCUT2D eigenvalue weighted by molar-refractivity contribution is 6.15. The summed E-state index contributed by atoms with van der Waals surface area (Å²) in [5.74, 6) is -2.24. The van der Waals surface area contributed by atoms with Gasteiger partial charge in [0, 0.05) is 17.7 Å². The molecule has 5 nitrogen and oxygen atoms in total. The first-order chi connectivity index (χ1) is 12.2. The van der Waals surface area contributed by atoms with E-state index in [4.69, 9.17) is 5.11 Å². The molecule has 2 N–H and O–H groups in total. The lowest BCUT2D eigenvalue weighted by Gasteiger charge is -2.19. The average Bonchev–Trinajstić information content (AvgIpc) is 2.61. The topological polar surface area (TPSA) is 83.5 Å². The Morgan fingerprint density at radius 3 is 2.15 bits per heavy atom. The molecule has 2 aromatic rings. The van der Waals surface area contributed by atoms with Crippen LogP contribution in [0.1, 0.15) is 46.5 Å². The summed E-state index contributed by atoms with van der Waals surface area (Å²) >= 11 is 0. The molecule has 0 heterocycles. The van der Waals surface area contributed by atoms with Gasteiger partial charge in [-0.15, -0.1) is 0 Å². The van der Waals surface area contributed by atoms with Crippen molar-refractivity contribution in [2.45, 2.75) is 20.3 Å². The van der Waals surface area contributed by atoms with Crippen molar-refractivity contribution in [2.75, 3.05) is 6.54 Å². The van der Waals surface area contributed by atoms with E-state index in [0.29, 0.717) is 0 Å². The smallest absolute Gasteiger partial charge is 0.309 e. The summed E-state index contributed by atoms with van der Waals surface area (Å²) in [6, 6.07) is 11.4. The van der Waals surface area contributed by atoms with Gasteiger partial charge in [-0.3, -0.25) is 14.4 Å². The van der Waals surface area contributed by atoms with Gasteiger partial charge in [-0.05, 0) is 50.6 Å². The number of aliphatic carboxylic acids is 1. The monoisotopic (exact) mass is 357 g/mol. The highest BCUT2D eigenvalue weighted by Crippen LogP contribution is 2.20. The molecule has 0 unspecified atom stereocenters. The van der Waals surface area contributed by atoms with E-state index in [1.165, 1.54) is 36.4 Å². The summed E-state index contributed by atoms with van der Waals surface area (Å²) in [5.41, 5.74) is -0.292. The standard InChI is InChI=1S/C20H20FNO4/c1-20(2,19(25)26)11-12-22-18(24)16-6-4-3-5-15(16)17(23)13-7-9-14(21)10-8-13/h3-10H,11-12H2,1-2H3,(H,22,24)(H,25,26). The van der Waals surface area contributed by atoms with Gasteiger partial charge in [0.1, 0.15) is 5.82 Å². The van der Waals surface area contributed by atoms with Crippen molar-refractivity contribution in [3.05, 3.63) is 71.0 Å². The minimum absolute atomic E-state index is 0.164. The predicted octanol–water partition coefficient (Wildman–Crippen LogP) is 3.29. The predicted molar refractivity (Wildman–Crippen MR) is 94.6 cm³/mol. The van der Waals surface area contributed by atoms with E-state index >= 15 is 0 Å². The first-order valence-electron chi connectivity index (χ1n) is 8.13. The molecule has 0 fully saturated rings. The van der Waals surface area contributed by atoms with Gasteiger partial charge in [0.2, 0.25) is 0 Å². The Hall–Kier alpha value is -3.02. The van der Waals surface area contributed by atoms with E-state index < -0.39 is 23.1 Å². The third kappa shape index (κ3) is 4.53. The van der Waals surface area contributed by atoms with Crippen molar-refractivity contribution in [1.82, 2.24) is 5.32 Å². The maximum absolute atomic E-state index is 13.0. The lowest BCUT2D eigenvalue weighted by atomic mass is 9.89. The van der Waals surface area contributed by atoms with Gasteiger partial charge in [0.15, 0.2) is 5.78 Å². The molecule has 0 atom stereocenters. The number of nitrogens with one attached hydrogen (secondary N) is 1. The summed E-state index contributed by atoms with van der Waals surface area (Å²) in [4.78, 5) is 36.2. The van der Waals surface area contributed by atoms with Crippen molar-refractivity contribution in [3.63, 3.8) is 0 Å². The van der Waals surface area contributed by atoms with Crippen LogP contribution in [0.5, 0.6) is 0 Å². The molecule has 0 aliphatic heterocycles. The number of amides is 1. The van der Waals surface area contributed by atoms with Crippen LogP contribution in [-0.2, 0) is 4.79 Å². The van der Waals surface area contributed by atoms with Crippen molar-refractivity contribution in [3.8, 4) is 0 Å². The minimum atomic E-state index is -0.962. The second-order valence-electron chi connectivity index (χ2n) is 6.58. The van der Waals surface area contributed by atoms with Crippen molar-refractivity contribution in [1.29, 1.82) is 0 Å². The summed E-state index contributed by atoms with van der Waals surface area (Å²) in [5, 5.41) is 11.8. The molecule has 0 aliphatic rings. The van der Waals surface area contributed by atoms with Crippen LogP contribution in [0.15, 0.2) is 48.5 Å². The molecule has 1 amide bonds. The molecule has 0 aliphatic carbocycles. The molecular weight excluding hydrogens is 337 g/mol. The quantitative estimate of drug-likeness (QED) is 0.745. The van der Waals surface area contributed by atoms with Crippen LogP contribution in [-0.4, -0.2) is 29.3 Å². The maximum Gasteiger partial charge on any atom is 0.309 e. The van der Waals surface area contributed by atoms with Gasteiger partial charge in [-0.2, -0.15) is 0 Å². The third-order valence-electron chi connectivity index (χ3n) is 4.14. The second kappa shape index (κ2) is 7.91. The molecule has 2 aromatic carbocycles. The Balaban J connectivity index is 2.15. The number of benzene rings is 2. The second-order valence-corrected chi connectivity index (χ2v) is 6.58. The molecule has 0 radical (unpaired) electrons. The fourth-order valence-electron chi connectivity index (χ4n) is 2.33. The van der Waals surface area contributed by atoms with Crippen LogP contribution in [0.3, 0.4) is 0 Å². The Kier molecular flexibility index (Phi) is 5.87. The van der Waals surface area contributed by atoms with Crippen molar-refractivity contribution >= 4 is 17.7 Å². The van der Waals surface area contributed by atoms with Crippen LogP contribution < -0.4 is 5.32 Å². The molecule has 0 saturated heterocycles. The van der Waals surface area contributed by atoms with E-state index in [-0.39, 0.29) is 35.4 Å². The first kappa shape index (κ1) is 19.3. The fourth-order valence-corrected chi connectivity index (χ4v) is 2.33. The maximum atomic E-state index is 13.0. The Bertz CT molecular complexity index is 828.